The molecule has 32 heavy (non-hydrogen) atoms. The van der Waals surface area contributed by atoms with Gasteiger partial charge in [-0.2, -0.15) is 0 Å². The van der Waals surface area contributed by atoms with Crippen molar-refractivity contribution < 1.29 is 9.59 Å². The van der Waals surface area contributed by atoms with E-state index in [4.69, 9.17) is 0 Å². The molecule has 0 aromatic heterocycles. The standard InChI is InChI=1S/C25H35N5O2/c1-19(2)27-25(32)28-23-11-5-4-10-22(23)24(31)26-12-7-13-29-14-16-30(17-15-29)21-9-6-8-20(3)18-21/h4-6,8-11,18-19H,7,12-17H2,1-3H3,(H,26,31)(H2,27,28,32). The highest BCUT2D eigenvalue weighted by molar-refractivity contribution is 6.03. The molecule has 0 saturated carbocycles. The van der Waals surface area contributed by atoms with Crippen LogP contribution in [0, 0.1) is 6.92 Å². The van der Waals surface area contributed by atoms with E-state index in [9.17, 15) is 9.59 Å². The van der Waals surface area contributed by atoms with Gasteiger partial charge in [-0.1, -0.05) is 24.3 Å². The molecule has 2 aromatic carbocycles. The number of carbonyl (C=O) groups is 2. The number of urea groups is 1. The summed E-state index contributed by atoms with van der Waals surface area (Å²) >= 11 is 0. The molecule has 3 amide bonds. The van der Waals surface area contributed by atoms with Crippen molar-refractivity contribution in [1.82, 2.24) is 15.5 Å². The zero-order valence-electron chi connectivity index (χ0n) is 19.4. The van der Waals surface area contributed by atoms with E-state index in [0.717, 1.165) is 39.1 Å². The average molecular weight is 438 g/mol. The molecule has 1 fully saturated rings. The van der Waals surface area contributed by atoms with Gasteiger partial charge in [0.05, 0.1) is 11.3 Å². The Labute approximate surface area is 191 Å². The predicted molar refractivity (Wildman–Crippen MR) is 131 cm³/mol. The highest BCUT2D eigenvalue weighted by Crippen LogP contribution is 2.18. The largest absolute Gasteiger partial charge is 0.369 e. The maximum atomic E-state index is 12.6. The van der Waals surface area contributed by atoms with Crippen molar-refractivity contribution in [2.45, 2.75) is 33.2 Å². The third-order valence-electron chi connectivity index (χ3n) is 5.52. The molecule has 1 aliphatic heterocycles. The quantitative estimate of drug-likeness (QED) is 0.553. The SMILES string of the molecule is Cc1cccc(N2CCN(CCCNC(=O)c3ccccc3NC(=O)NC(C)C)CC2)c1. The number of nitrogens with one attached hydrogen (secondary N) is 3. The van der Waals surface area contributed by atoms with Crippen molar-refractivity contribution in [3.05, 3.63) is 59.7 Å². The highest BCUT2D eigenvalue weighted by atomic mass is 16.2. The minimum atomic E-state index is -0.315. The lowest BCUT2D eigenvalue weighted by molar-refractivity contribution is 0.0952. The molecular weight excluding hydrogens is 402 g/mol. The summed E-state index contributed by atoms with van der Waals surface area (Å²) in [5, 5.41) is 8.52. The number of nitrogens with zero attached hydrogens (tertiary/aromatic N) is 2. The number of aryl methyl sites for hydroxylation is 1. The maximum Gasteiger partial charge on any atom is 0.319 e. The predicted octanol–water partition coefficient (Wildman–Crippen LogP) is 3.47. The van der Waals surface area contributed by atoms with Crippen molar-refractivity contribution in [3.63, 3.8) is 0 Å². The molecule has 7 heteroatoms. The van der Waals surface area contributed by atoms with Crippen molar-refractivity contribution in [3.8, 4) is 0 Å². The summed E-state index contributed by atoms with van der Waals surface area (Å²) in [6, 6.07) is 15.4. The molecule has 172 valence electrons. The average Bonchev–Trinajstić information content (AvgIpc) is 2.77. The van der Waals surface area contributed by atoms with Crippen LogP contribution in [0.15, 0.2) is 48.5 Å². The fourth-order valence-corrected chi connectivity index (χ4v) is 3.86. The van der Waals surface area contributed by atoms with E-state index in [0.29, 0.717) is 17.8 Å². The summed E-state index contributed by atoms with van der Waals surface area (Å²) < 4.78 is 0. The van der Waals surface area contributed by atoms with E-state index < -0.39 is 0 Å². The fraction of sp³-hybridized carbons (Fsp3) is 0.440. The minimum Gasteiger partial charge on any atom is -0.369 e. The first kappa shape index (κ1) is 23.6. The Kier molecular flexibility index (Phi) is 8.50. The number of rotatable bonds is 8. The monoisotopic (exact) mass is 437 g/mol. The molecule has 0 atom stereocenters. The number of para-hydroxylation sites is 1. The molecule has 3 N–H and O–H groups in total. The number of amides is 3. The van der Waals surface area contributed by atoms with Crippen LogP contribution in [0.2, 0.25) is 0 Å². The van der Waals surface area contributed by atoms with Gasteiger partial charge in [-0.15, -0.1) is 0 Å². The Morgan fingerprint density at radius 3 is 2.47 bits per heavy atom. The number of benzene rings is 2. The Balaban J connectivity index is 1.40. The van der Waals surface area contributed by atoms with E-state index in [1.54, 1.807) is 24.3 Å². The van der Waals surface area contributed by atoms with Gasteiger partial charge in [0.25, 0.3) is 5.91 Å². The van der Waals surface area contributed by atoms with Crippen LogP contribution in [0.1, 0.15) is 36.2 Å². The molecule has 0 spiro atoms. The Hall–Kier alpha value is -3.06. The van der Waals surface area contributed by atoms with Gasteiger partial charge in [0, 0.05) is 44.5 Å². The van der Waals surface area contributed by atoms with Gasteiger partial charge in [0.1, 0.15) is 0 Å². The Morgan fingerprint density at radius 2 is 1.75 bits per heavy atom. The normalized spacial score (nSPS) is 14.3. The van der Waals surface area contributed by atoms with Crippen LogP contribution in [-0.2, 0) is 0 Å². The van der Waals surface area contributed by atoms with Crippen LogP contribution >= 0.6 is 0 Å². The van der Waals surface area contributed by atoms with Crippen molar-refractivity contribution in [2.75, 3.05) is 49.5 Å². The second kappa shape index (κ2) is 11.5. The van der Waals surface area contributed by atoms with E-state index in [1.807, 2.05) is 13.8 Å². The smallest absolute Gasteiger partial charge is 0.319 e. The van der Waals surface area contributed by atoms with Gasteiger partial charge in [0.2, 0.25) is 0 Å². The lowest BCUT2D eigenvalue weighted by Crippen LogP contribution is -2.47. The van der Waals surface area contributed by atoms with Crippen LogP contribution in [0.5, 0.6) is 0 Å². The number of hydrogen-bond donors (Lipinski definition) is 3. The summed E-state index contributed by atoms with van der Waals surface area (Å²) in [4.78, 5) is 29.5. The summed E-state index contributed by atoms with van der Waals surface area (Å²) in [6.45, 7) is 11.6. The summed E-state index contributed by atoms with van der Waals surface area (Å²) in [5.41, 5.74) is 3.57. The molecule has 7 nitrogen and oxygen atoms in total. The molecule has 0 radical (unpaired) electrons. The summed E-state index contributed by atoms with van der Waals surface area (Å²) in [6.07, 6.45) is 0.889. The van der Waals surface area contributed by atoms with Gasteiger partial charge in [0.15, 0.2) is 0 Å². The molecule has 0 bridgehead atoms. The summed E-state index contributed by atoms with van der Waals surface area (Å²) in [7, 11) is 0. The molecule has 0 aliphatic carbocycles. The zero-order valence-corrected chi connectivity index (χ0v) is 19.4. The van der Waals surface area contributed by atoms with Crippen LogP contribution in [0.4, 0.5) is 16.2 Å². The van der Waals surface area contributed by atoms with Crippen molar-refractivity contribution >= 4 is 23.3 Å². The molecule has 0 unspecified atom stereocenters. The van der Waals surface area contributed by atoms with E-state index in [1.165, 1.54) is 11.3 Å². The number of carbonyl (C=O) groups excluding carboxylic acids is 2. The lowest BCUT2D eigenvalue weighted by Gasteiger charge is -2.36. The maximum absolute atomic E-state index is 12.6. The van der Waals surface area contributed by atoms with Crippen LogP contribution in [-0.4, -0.2) is 62.1 Å². The Bertz CT molecular complexity index is 907. The Morgan fingerprint density at radius 1 is 1.00 bits per heavy atom. The van der Waals surface area contributed by atoms with Crippen LogP contribution < -0.4 is 20.9 Å². The third-order valence-corrected chi connectivity index (χ3v) is 5.52. The van der Waals surface area contributed by atoms with Crippen molar-refractivity contribution in [1.29, 1.82) is 0 Å². The van der Waals surface area contributed by atoms with Gasteiger partial charge < -0.3 is 20.9 Å². The van der Waals surface area contributed by atoms with E-state index in [-0.39, 0.29) is 18.0 Å². The first-order valence-electron chi connectivity index (χ1n) is 11.4. The van der Waals surface area contributed by atoms with Gasteiger partial charge >= 0.3 is 6.03 Å². The van der Waals surface area contributed by atoms with Gasteiger partial charge in [-0.3, -0.25) is 9.69 Å². The van der Waals surface area contributed by atoms with Crippen molar-refractivity contribution in [2.24, 2.45) is 0 Å². The van der Waals surface area contributed by atoms with Gasteiger partial charge in [-0.25, -0.2) is 4.79 Å². The molecule has 1 aliphatic rings. The van der Waals surface area contributed by atoms with E-state index >= 15 is 0 Å². The third kappa shape index (κ3) is 6.99. The summed E-state index contributed by atoms with van der Waals surface area (Å²) in [5.74, 6) is -0.172. The minimum absolute atomic E-state index is 0.0228. The molecule has 3 rings (SSSR count). The topological polar surface area (TPSA) is 76.7 Å². The highest BCUT2D eigenvalue weighted by Gasteiger charge is 2.17. The molecule has 2 aromatic rings. The zero-order chi connectivity index (χ0) is 22.9. The second-order valence-electron chi connectivity index (χ2n) is 8.58. The first-order valence-corrected chi connectivity index (χ1v) is 11.4. The van der Waals surface area contributed by atoms with Crippen LogP contribution in [0.3, 0.4) is 0 Å². The number of piperazine rings is 1. The number of anilines is 2. The molecule has 1 saturated heterocycles. The molecular formula is C25H35N5O2. The van der Waals surface area contributed by atoms with E-state index in [2.05, 4.69) is 56.9 Å². The second-order valence-corrected chi connectivity index (χ2v) is 8.58. The lowest BCUT2D eigenvalue weighted by atomic mass is 10.1. The van der Waals surface area contributed by atoms with Gasteiger partial charge in [-0.05, 0) is 63.6 Å². The first-order chi connectivity index (χ1) is 15.4. The number of hydrogen-bond acceptors (Lipinski definition) is 4. The van der Waals surface area contributed by atoms with Crippen LogP contribution in [0.25, 0.3) is 0 Å². The fourth-order valence-electron chi connectivity index (χ4n) is 3.86. The molecule has 1 heterocycles.